The minimum atomic E-state index is 0.391. The van der Waals surface area contributed by atoms with Gasteiger partial charge in [-0.05, 0) is 37.8 Å². The van der Waals surface area contributed by atoms with Crippen LogP contribution in [-0.2, 0) is 6.42 Å². The van der Waals surface area contributed by atoms with Gasteiger partial charge in [-0.3, -0.25) is 4.79 Å². The molecule has 0 amide bonds. The molecule has 106 valence electrons. The summed E-state index contributed by atoms with van der Waals surface area (Å²) in [5, 5.41) is 4.93. The summed E-state index contributed by atoms with van der Waals surface area (Å²) >= 11 is 6.33. The van der Waals surface area contributed by atoms with Gasteiger partial charge in [-0.15, -0.1) is 0 Å². The van der Waals surface area contributed by atoms with Crippen molar-refractivity contribution >= 4 is 17.9 Å². The van der Waals surface area contributed by atoms with E-state index in [9.17, 15) is 4.79 Å². The van der Waals surface area contributed by atoms with Crippen molar-refractivity contribution < 1.29 is 4.79 Å². The molecule has 0 N–H and O–H groups in total. The first kappa shape index (κ1) is 14.8. The Balaban J connectivity index is 2.57. The molecule has 4 heteroatoms. The molecule has 2 rings (SSSR count). The third-order valence-corrected chi connectivity index (χ3v) is 3.60. The predicted octanol–water partition coefficient (Wildman–Crippen LogP) is 4.15. The number of halogens is 1. The van der Waals surface area contributed by atoms with Gasteiger partial charge in [0.05, 0.1) is 16.9 Å². The Labute approximate surface area is 124 Å². The van der Waals surface area contributed by atoms with Crippen LogP contribution in [0.1, 0.15) is 41.0 Å². The lowest BCUT2D eigenvalue weighted by molar-refractivity contribution is 0.112. The van der Waals surface area contributed by atoms with Crippen LogP contribution in [0, 0.1) is 19.8 Å². The summed E-state index contributed by atoms with van der Waals surface area (Å²) < 4.78 is 1.66. The molecule has 1 aromatic heterocycles. The van der Waals surface area contributed by atoms with Gasteiger partial charge in [-0.25, -0.2) is 4.68 Å². The molecule has 0 aliphatic rings. The van der Waals surface area contributed by atoms with Crippen LogP contribution in [0.25, 0.3) is 5.69 Å². The number of rotatable bonds is 4. The first-order chi connectivity index (χ1) is 9.43. The zero-order valence-corrected chi connectivity index (χ0v) is 13.0. The summed E-state index contributed by atoms with van der Waals surface area (Å²) in [6.07, 6.45) is 1.54. The average Bonchev–Trinajstić information content (AvgIpc) is 2.65. The summed E-state index contributed by atoms with van der Waals surface area (Å²) in [5.41, 5.74) is 4.45. The summed E-state index contributed by atoms with van der Waals surface area (Å²) in [7, 11) is 0. The van der Waals surface area contributed by atoms with Gasteiger partial charge in [-0.2, -0.15) is 5.10 Å². The number of carbonyl (C=O) groups excluding carboxylic acids is 1. The number of aryl methyl sites for hydroxylation is 2. The molecule has 0 spiro atoms. The quantitative estimate of drug-likeness (QED) is 0.793. The van der Waals surface area contributed by atoms with Crippen LogP contribution in [0.4, 0.5) is 0 Å². The SMILES string of the molecule is Cc1ccc(-n2nc(CC(C)C)c(C=O)c2Cl)c(C)c1. The van der Waals surface area contributed by atoms with Crippen molar-refractivity contribution in [3.05, 3.63) is 45.7 Å². The lowest BCUT2D eigenvalue weighted by Crippen LogP contribution is -2.02. The Morgan fingerprint density at radius 1 is 1.35 bits per heavy atom. The highest BCUT2D eigenvalue weighted by atomic mass is 35.5. The Bertz CT molecular complexity index is 644. The lowest BCUT2D eigenvalue weighted by atomic mass is 10.1. The maximum atomic E-state index is 11.3. The van der Waals surface area contributed by atoms with Crippen LogP contribution < -0.4 is 0 Å². The highest BCUT2D eigenvalue weighted by molar-refractivity contribution is 6.32. The van der Waals surface area contributed by atoms with Crippen molar-refractivity contribution in [2.45, 2.75) is 34.1 Å². The first-order valence-electron chi connectivity index (χ1n) is 6.74. The molecular weight excluding hydrogens is 272 g/mol. The van der Waals surface area contributed by atoms with E-state index in [1.165, 1.54) is 5.56 Å². The van der Waals surface area contributed by atoms with E-state index in [2.05, 4.69) is 25.0 Å². The molecule has 0 unspecified atom stereocenters. The second kappa shape index (κ2) is 5.80. The van der Waals surface area contributed by atoms with E-state index in [-0.39, 0.29) is 0 Å². The van der Waals surface area contributed by atoms with E-state index in [1.807, 2.05) is 26.0 Å². The third-order valence-electron chi connectivity index (χ3n) is 3.24. The fourth-order valence-corrected chi connectivity index (χ4v) is 2.59. The molecule has 3 nitrogen and oxygen atoms in total. The van der Waals surface area contributed by atoms with Crippen molar-refractivity contribution in [1.29, 1.82) is 0 Å². The maximum Gasteiger partial charge on any atom is 0.155 e. The van der Waals surface area contributed by atoms with E-state index in [1.54, 1.807) is 4.68 Å². The Hall–Kier alpha value is -1.61. The van der Waals surface area contributed by atoms with E-state index >= 15 is 0 Å². The molecule has 0 saturated heterocycles. The topological polar surface area (TPSA) is 34.9 Å². The smallest absolute Gasteiger partial charge is 0.155 e. The zero-order chi connectivity index (χ0) is 14.9. The van der Waals surface area contributed by atoms with Gasteiger partial charge >= 0.3 is 0 Å². The molecule has 0 fully saturated rings. The minimum absolute atomic E-state index is 0.391. The van der Waals surface area contributed by atoms with Gasteiger partial charge < -0.3 is 0 Å². The third kappa shape index (κ3) is 2.78. The molecule has 0 atom stereocenters. The highest BCUT2D eigenvalue weighted by Gasteiger charge is 2.18. The van der Waals surface area contributed by atoms with Gasteiger partial charge in [0.15, 0.2) is 6.29 Å². The molecule has 0 saturated carbocycles. The molecule has 0 bridgehead atoms. The molecule has 0 aliphatic carbocycles. The number of hydrogen-bond donors (Lipinski definition) is 0. The van der Waals surface area contributed by atoms with Gasteiger partial charge in [0, 0.05) is 0 Å². The molecule has 1 heterocycles. The van der Waals surface area contributed by atoms with Crippen molar-refractivity contribution in [3.63, 3.8) is 0 Å². The molecule has 1 aromatic carbocycles. The Kier molecular flexibility index (Phi) is 4.29. The predicted molar refractivity (Wildman–Crippen MR) is 82.0 cm³/mol. The maximum absolute atomic E-state index is 11.3. The monoisotopic (exact) mass is 290 g/mol. The highest BCUT2D eigenvalue weighted by Crippen LogP contribution is 2.26. The number of nitrogens with zero attached hydrogens (tertiary/aromatic N) is 2. The van der Waals surface area contributed by atoms with Crippen LogP contribution in [-0.4, -0.2) is 16.1 Å². The van der Waals surface area contributed by atoms with E-state index < -0.39 is 0 Å². The largest absolute Gasteiger partial charge is 0.298 e. The molecular formula is C16H19ClN2O. The van der Waals surface area contributed by atoms with Crippen molar-refractivity contribution in [2.24, 2.45) is 5.92 Å². The summed E-state index contributed by atoms with van der Waals surface area (Å²) in [4.78, 5) is 11.3. The van der Waals surface area contributed by atoms with E-state index in [0.29, 0.717) is 16.6 Å². The van der Waals surface area contributed by atoms with Crippen LogP contribution >= 0.6 is 11.6 Å². The average molecular weight is 291 g/mol. The van der Waals surface area contributed by atoms with Gasteiger partial charge in [0.1, 0.15) is 5.15 Å². The van der Waals surface area contributed by atoms with Crippen molar-refractivity contribution in [2.75, 3.05) is 0 Å². The minimum Gasteiger partial charge on any atom is -0.298 e. The fourth-order valence-electron chi connectivity index (χ4n) is 2.31. The van der Waals surface area contributed by atoms with Crippen LogP contribution in [0.5, 0.6) is 0 Å². The first-order valence-corrected chi connectivity index (χ1v) is 7.12. The second-order valence-corrected chi connectivity index (χ2v) is 5.93. The normalized spacial score (nSPS) is 11.1. The fraction of sp³-hybridized carbons (Fsp3) is 0.375. The van der Waals surface area contributed by atoms with Gasteiger partial charge in [0.2, 0.25) is 0 Å². The van der Waals surface area contributed by atoms with Gasteiger partial charge in [0.25, 0.3) is 0 Å². The van der Waals surface area contributed by atoms with Crippen LogP contribution in [0.3, 0.4) is 0 Å². The Morgan fingerprint density at radius 2 is 2.05 bits per heavy atom. The number of carbonyl (C=O) groups is 1. The number of benzene rings is 1. The van der Waals surface area contributed by atoms with Crippen molar-refractivity contribution in [3.8, 4) is 5.69 Å². The standard InChI is InChI=1S/C16H19ClN2O/c1-10(2)7-14-13(9-20)16(17)19(18-14)15-6-5-11(3)8-12(15)4/h5-6,8-10H,7H2,1-4H3. The molecule has 0 aliphatic heterocycles. The lowest BCUT2D eigenvalue weighted by Gasteiger charge is -2.08. The Morgan fingerprint density at radius 3 is 2.60 bits per heavy atom. The summed E-state index contributed by atoms with van der Waals surface area (Å²) in [6, 6.07) is 6.08. The number of aromatic nitrogens is 2. The molecule has 0 radical (unpaired) electrons. The molecule has 20 heavy (non-hydrogen) atoms. The summed E-state index contributed by atoms with van der Waals surface area (Å²) in [6.45, 7) is 8.25. The number of hydrogen-bond acceptors (Lipinski definition) is 2. The second-order valence-electron chi connectivity index (χ2n) is 5.57. The van der Waals surface area contributed by atoms with Crippen LogP contribution in [0.15, 0.2) is 18.2 Å². The van der Waals surface area contributed by atoms with E-state index in [4.69, 9.17) is 11.6 Å². The van der Waals surface area contributed by atoms with E-state index in [0.717, 1.165) is 29.7 Å². The summed E-state index contributed by atoms with van der Waals surface area (Å²) in [5.74, 6) is 0.423. The number of aldehydes is 1. The van der Waals surface area contributed by atoms with Crippen LogP contribution in [0.2, 0.25) is 5.15 Å². The van der Waals surface area contributed by atoms with Crippen molar-refractivity contribution in [1.82, 2.24) is 9.78 Å². The zero-order valence-electron chi connectivity index (χ0n) is 12.3. The molecule has 2 aromatic rings. The van der Waals surface area contributed by atoms with Gasteiger partial charge in [-0.1, -0.05) is 43.1 Å².